The number of carbonyl (C=O) groups excluding carboxylic acids is 1. The van der Waals surface area contributed by atoms with Gasteiger partial charge in [-0.3, -0.25) is 4.79 Å². The second-order valence-corrected chi connectivity index (χ2v) is 9.09. The van der Waals surface area contributed by atoms with Crippen LogP contribution in [0.2, 0.25) is 10.0 Å². The molecule has 0 N–H and O–H groups in total. The summed E-state index contributed by atoms with van der Waals surface area (Å²) in [6, 6.07) is 24.8. The lowest BCUT2D eigenvalue weighted by molar-refractivity contribution is 0.0681. The van der Waals surface area contributed by atoms with Crippen LogP contribution in [0.15, 0.2) is 89.5 Å². The molecule has 5 heteroatoms. The van der Waals surface area contributed by atoms with Crippen LogP contribution in [0.25, 0.3) is 6.08 Å². The first-order valence-corrected chi connectivity index (χ1v) is 11.5. The third kappa shape index (κ3) is 4.11. The fourth-order valence-electron chi connectivity index (χ4n) is 4.63. The minimum atomic E-state index is -0.149. The van der Waals surface area contributed by atoms with Crippen LogP contribution in [0.4, 0.5) is 0 Å². The van der Waals surface area contributed by atoms with E-state index in [1.807, 2.05) is 78.9 Å². The summed E-state index contributed by atoms with van der Waals surface area (Å²) in [5, 5.41) is 8.01. The van der Waals surface area contributed by atoms with Gasteiger partial charge < -0.3 is 0 Å². The van der Waals surface area contributed by atoms with E-state index in [9.17, 15) is 4.79 Å². The summed E-state index contributed by atoms with van der Waals surface area (Å²) in [5.41, 5.74) is 4.97. The van der Waals surface area contributed by atoms with E-state index in [0.717, 1.165) is 36.1 Å². The van der Waals surface area contributed by atoms with Gasteiger partial charge in [0.25, 0.3) is 5.91 Å². The van der Waals surface area contributed by atoms with Gasteiger partial charge in [0, 0.05) is 21.5 Å². The van der Waals surface area contributed by atoms with E-state index in [2.05, 4.69) is 6.08 Å². The topological polar surface area (TPSA) is 32.7 Å². The first-order chi connectivity index (χ1) is 15.6. The smallest absolute Gasteiger partial charge is 0.267 e. The standard InChI is InChI=1S/C27H22Cl2N2O/c28-22-13-9-18(10-14-22)17-21-7-4-8-24-25(21)30-31(27(32)20-5-2-1-3-6-20)26(24)19-11-15-23(29)16-12-19/h1-3,5-6,9-17,24,26H,4,7-8H2/b21-17+/t24-,26+/m0/s1. The molecule has 1 aliphatic heterocycles. The van der Waals surface area contributed by atoms with Crippen LogP contribution in [0, 0.1) is 5.92 Å². The summed E-state index contributed by atoms with van der Waals surface area (Å²) in [7, 11) is 0. The molecule has 0 aromatic heterocycles. The molecule has 1 saturated carbocycles. The summed E-state index contributed by atoms with van der Waals surface area (Å²) in [6.07, 6.45) is 5.17. The summed E-state index contributed by atoms with van der Waals surface area (Å²) in [5.74, 6) is 0.0643. The summed E-state index contributed by atoms with van der Waals surface area (Å²) in [4.78, 5) is 13.5. The van der Waals surface area contributed by atoms with Gasteiger partial charge in [0.05, 0.1) is 11.8 Å². The first kappa shape index (κ1) is 21.0. The van der Waals surface area contributed by atoms with Crippen LogP contribution >= 0.6 is 23.2 Å². The Bertz CT molecular complexity index is 1180. The Hall–Kier alpha value is -2.88. The SMILES string of the molecule is O=C(c1ccccc1)N1N=C2/C(=C/c3ccc(Cl)cc3)CCC[C@@H]2[C@H]1c1ccc(Cl)cc1. The van der Waals surface area contributed by atoms with E-state index in [1.54, 1.807) is 5.01 Å². The number of hydrogen-bond acceptors (Lipinski definition) is 2. The molecule has 1 fully saturated rings. The molecule has 1 amide bonds. The predicted molar refractivity (Wildman–Crippen MR) is 131 cm³/mol. The maximum absolute atomic E-state index is 13.5. The quantitative estimate of drug-likeness (QED) is 0.399. The zero-order valence-corrected chi connectivity index (χ0v) is 18.9. The van der Waals surface area contributed by atoms with Crippen molar-refractivity contribution in [3.8, 4) is 0 Å². The van der Waals surface area contributed by atoms with Crippen molar-refractivity contribution in [2.24, 2.45) is 11.0 Å². The van der Waals surface area contributed by atoms with Crippen molar-refractivity contribution in [3.05, 3.63) is 111 Å². The number of hydrazone groups is 1. The maximum Gasteiger partial charge on any atom is 0.274 e. The lowest BCUT2D eigenvalue weighted by Gasteiger charge is -2.29. The molecule has 2 atom stereocenters. The number of allylic oxidation sites excluding steroid dienone is 1. The van der Waals surface area contributed by atoms with E-state index in [1.165, 1.54) is 5.57 Å². The third-order valence-electron chi connectivity index (χ3n) is 6.15. The molecule has 0 unspecified atom stereocenters. The zero-order valence-electron chi connectivity index (χ0n) is 17.4. The number of fused-ring (bicyclic) bond motifs is 1. The molecule has 1 aliphatic carbocycles. The number of rotatable bonds is 3. The van der Waals surface area contributed by atoms with Crippen LogP contribution in [-0.4, -0.2) is 16.6 Å². The van der Waals surface area contributed by atoms with E-state index in [4.69, 9.17) is 28.3 Å². The van der Waals surface area contributed by atoms with Crippen LogP contribution in [0.1, 0.15) is 46.8 Å². The highest BCUT2D eigenvalue weighted by molar-refractivity contribution is 6.30. The number of amides is 1. The Morgan fingerprint density at radius 3 is 2.25 bits per heavy atom. The number of halogens is 2. The van der Waals surface area contributed by atoms with Crippen molar-refractivity contribution in [2.75, 3.05) is 0 Å². The number of hydrogen-bond donors (Lipinski definition) is 0. The van der Waals surface area contributed by atoms with Gasteiger partial charge in [-0.1, -0.05) is 65.7 Å². The van der Waals surface area contributed by atoms with Gasteiger partial charge in [-0.05, 0) is 78.4 Å². The lowest BCUT2D eigenvalue weighted by atomic mass is 9.77. The summed E-state index contributed by atoms with van der Waals surface area (Å²) in [6.45, 7) is 0. The average Bonchev–Trinajstić information content (AvgIpc) is 3.22. The molecule has 0 bridgehead atoms. The Labute approximate surface area is 198 Å². The molecular formula is C27H22Cl2N2O. The van der Waals surface area contributed by atoms with Crippen molar-refractivity contribution in [1.29, 1.82) is 0 Å². The normalized spacial score (nSPS) is 21.4. The van der Waals surface area contributed by atoms with Gasteiger partial charge in [-0.2, -0.15) is 5.10 Å². The number of nitrogens with zero attached hydrogens (tertiary/aromatic N) is 2. The average molecular weight is 461 g/mol. The monoisotopic (exact) mass is 460 g/mol. The Kier molecular flexibility index (Phi) is 5.86. The van der Waals surface area contributed by atoms with Crippen molar-refractivity contribution in [1.82, 2.24) is 5.01 Å². The molecule has 0 radical (unpaired) electrons. The predicted octanol–water partition coefficient (Wildman–Crippen LogP) is 7.43. The molecule has 0 spiro atoms. The second-order valence-electron chi connectivity index (χ2n) is 8.22. The van der Waals surface area contributed by atoms with Crippen LogP contribution < -0.4 is 0 Å². The maximum atomic E-state index is 13.5. The van der Waals surface area contributed by atoms with Crippen LogP contribution in [-0.2, 0) is 0 Å². The van der Waals surface area contributed by atoms with Crippen molar-refractivity contribution in [2.45, 2.75) is 25.3 Å². The second kappa shape index (κ2) is 8.93. The molecule has 3 nitrogen and oxygen atoms in total. The zero-order chi connectivity index (χ0) is 22.1. The molecule has 1 heterocycles. The summed E-state index contributed by atoms with van der Waals surface area (Å²) < 4.78 is 0. The molecule has 160 valence electrons. The Morgan fingerprint density at radius 2 is 1.56 bits per heavy atom. The van der Waals surface area contributed by atoms with Gasteiger partial charge in [-0.25, -0.2) is 5.01 Å². The first-order valence-electron chi connectivity index (χ1n) is 10.8. The van der Waals surface area contributed by atoms with Gasteiger partial charge >= 0.3 is 0 Å². The highest BCUT2D eigenvalue weighted by Crippen LogP contribution is 2.45. The van der Waals surface area contributed by atoms with E-state index in [-0.39, 0.29) is 17.9 Å². The van der Waals surface area contributed by atoms with E-state index >= 15 is 0 Å². The Balaban J connectivity index is 1.57. The Morgan fingerprint density at radius 1 is 0.906 bits per heavy atom. The number of carbonyl (C=O) groups is 1. The van der Waals surface area contributed by atoms with E-state index < -0.39 is 0 Å². The minimum absolute atomic E-state index is 0.0849. The summed E-state index contributed by atoms with van der Waals surface area (Å²) >= 11 is 12.2. The van der Waals surface area contributed by atoms with Crippen molar-refractivity contribution >= 4 is 40.9 Å². The van der Waals surface area contributed by atoms with Gasteiger partial charge in [0.15, 0.2) is 0 Å². The van der Waals surface area contributed by atoms with Gasteiger partial charge in [0.2, 0.25) is 0 Å². The lowest BCUT2D eigenvalue weighted by Crippen LogP contribution is -2.31. The largest absolute Gasteiger partial charge is 0.274 e. The van der Waals surface area contributed by atoms with Gasteiger partial charge in [-0.15, -0.1) is 0 Å². The van der Waals surface area contributed by atoms with Crippen LogP contribution in [0.3, 0.4) is 0 Å². The molecule has 5 rings (SSSR count). The molecule has 0 saturated heterocycles. The fourth-order valence-corrected chi connectivity index (χ4v) is 4.89. The van der Waals surface area contributed by atoms with Crippen molar-refractivity contribution in [3.63, 3.8) is 0 Å². The van der Waals surface area contributed by atoms with Gasteiger partial charge in [0.1, 0.15) is 0 Å². The van der Waals surface area contributed by atoms with Crippen molar-refractivity contribution < 1.29 is 4.79 Å². The van der Waals surface area contributed by atoms with Crippen LogP contribution in [0.5, 0.6) is 0 Å². The highest BCUT2D eigenvalue weighted by Gasteiger charge is 2.43. The molecule has 3 aromatic rings. The molecule has 3 aromatic carbocycles. The highest BCUT2D eigenvalue weighted by atomic mass is 35.5. The third-order valence-corrected chi connectivity index (χ3v) is 6.66. The molecule has 32 heavy (non-hydrogen) atoms. The molecule has 2 aliphatic rings. The molecular weight excluding hydrogens is 439 g/mol. The minimum Gasteiger partial charge on any atom is -0.267 e. The number of benzene rings is 3. The fraction of sp³-hybridized carbons (Fsp3) is 0.185. The van der Waals surface area contributed by atoms with E-state index in [0.29, 0.717) is 15.6 Å².